The van der Waals surface area contributed by atoms with Gasteiger partial charge in [0.05, 0.1) is 0 Å². The molecule has 1 heterocycles. The first-order valence-electron chi connectivity index (χ1n) is 9.94. The van der Waals surface area contributed by atoms with Gasteiger partial charge < -0.3 is 24.5 Å². The molecule has 7 heteroatoms. The number of phenolic OH excluding ortho intramolecular Hbond substituents is 1. The van der Waals surface area contributed by atoms with E-state index in [4.69, 9.17) is 9.47 Å². The second kappa shape index (κ2) is 8.79. The quantitative estimate of drug-likeness (QED) is 0.442. The fourth-order valence-corrected chi connectivity index (χ4v) is 3.57. The molecular weight excluding hydrogens is 396 g/mol. The van der Waals surface area contributed by atoms with Gasteiger partial charge in [0.2, 0.25) is 0 Å². The molecule has 158 valence electrons. The largest absolute Gasteiger partial charge is 0.504 e. The first kappa shape index (κ1) is 20.3. The summed E-state index contributed by atoms with van der Waals surface area (Å²) in [5.41, 5.74) is 2.86. The third kappa shape index (κ3) is 4.30. The molecule has 0 radical (unpaired) electrons. The molecule has 0 fully saturated rings. The molecule has 0 bridgehead atoms. The minimum atomic E-state index is -0.708. The molecular formula is C24H22N2O5. The van der Waals surface area contributed by atoms with Gasteiger partial charge in [0.25, 0.3) is 5.91 Å². The Kier molecular flexibility index (Phi) is 5.75. The monoisotopic (exact) mass is 418 g/mol. The van der Waals surface area contributed by atoms with Crippen molar-refractivity contribution in [2.24, 2.45) is 0 Å². The second-order valence-electron chi connectivity index (χ2n) is 6.96. The van der Waals surface area contributed by atoms with Crippen LogP contribution < -0.4 is 10.1 Å². The van der Waals surface area contributed by atoms with Crippen LogP contribution in [0.1, 0.15) is 6.92 Å². The van der Waals surface area contributed by atoms with E-state index in [1.54, 1.807) is 12.1 Å². The topological polar surface area (TPSA) is 89.8 Å². The van der Waals surface area contributed by atoms with Crippen LogP contribution in [0, 0.1) is 0 Å². The van der Waals surface area contributed by atoms with Crippen LogP contribution in [0.25, 0.3) is 21.8 Å². The van der Waals surface area contributed by atoms with Crippen molar-refractivity contribution in [1.82, 2.24) is 4.57 Å². The van der Waals surface area contributed by atoms with Crippen molar-refractivity contribution in [3.8, 4) is 11.5 Å². The highest BCUT2D eigenvalue weighted by atomic mass is 16.6. The molecule has 7 nitrogen and oxygen atoms in total. The minimum Gasteiger partial charge on any atom is -0.504 e. The number of rotatable bonds is 7. The Morgan fingerprint density at radius 2 is 1.68 bits per heavy atom. The maximum absolute atomic E-state index is 12.2. The van der Waals surface area contributed by atoms with Crippen LogP contribution in [0.5, 0.6) is 11.5 Å². The summed E-state index contributed by atoms with van der Waals surface area (Å²) >= 11 is 0. The molecule has 0 spiro atoms. The van der Waals surface area contributed by atoms with E-state index in [2.05, 4.69) is 28.9 Å². The van der Waals surface area contributed by atoms with E-state index >= 15 is 0 Å². The molecule has 3 aromatic carbocycles. The van der Waals surface area contributed by atoms with Gasteiger partial charge in [0.15, 0.2) is 24.7 Å². The maximum Gasteiger partial charge on any atom is 0.344 e. The summed E-state index contributed by atoms with van der Waals surface area (Å²) in [5, 5.41) is 14.5. The molecule has 1 amide bonds. The molecule has 1 aromatic heterocycles. The van der Waals surface area contributed by atoms with E-state index in [0.717, 1.165) is 28.4 Å². The van der Waals surface area contributed by atoms with E-state index in [1.807, 2.05) is 30.3 Å². The van der Waals surface area contributed by atoms with E-state index in [0.29, 0.717) is 5.69 Å². The number of aryl methyl sites for hydroxylation is 1. The zero-order valence-corrected chi connectivity index (χ0v) is 17.0. The smallest absolute Gasteiger partial charge is 0.344 e. The number of phenols is 1. The van der Waals surface area contributed by atoms with Gasteiger partial charge in [0.1, 0.15) is 0 Å². The Morgan fingerprint density at radius 1 is 0.935 bits per heavy atom. The second-order valence-corrected chi connectivity index (χ2v) is 6.96. The summed E-state index contributed by atoms with van der Waals surface area (Å²) in [7, 11) is 0. The predicted octanol–water partition coefficient (Wildman–Crippen LogP) is 4.08. The predicted molar refractivity (Wildman–Crippen MR) is 118 cm³/mol. The number of aromatic hydroxyl groups is 1. The van der Waals surface area contributed by atoms with E-state index in [1.165, 1.54) is 12.1 Å². The number of para-hydroxylation sites is 3. The number of carbonyl (C=O) groups is 2. The number of nitrogens with one attached hydrogen (secondary N) is 1. The van der Waals surface area contributed by atoms with Crippen LogP contribution in [0.4, 0.5) is 5.69 Å². The molecule has 4 aromatic rings. The van der Waals surface area contributed by atoms with Crippen molar-refractivity contribution >= 4 is 39.4 Å². The van der Waals surface area contributed by atoms with Crippen molar-refractivity contribution in [3.63, 3.8) is 0 Å². The standard InChI is InChI=1S/C24H22N2O5/c1-2-26-19-8-4-3-7-17(19)18-13-16(11-12-20(18)26)25-23(28)14-31-24(29)15-30-22-10-6-5-9-21(22)27/h3-13,27H,2,14-15H2,1H3,(H,25,28). The molecule has 4 rings (SSSR count). The molecule has 0 aliphatic heterocycles. The molecule has 0 saturated heterocycles. The fourth-order valence-electron chi connectivity index (χ4n) is 3.57. The lowest BCUT2D eigenvalue weighted by molar-refractivity contribution is -0.149. The number of esters is 1. The van der Waals surface area contributed by atoms with Crippen molar-refractivity contribution < 1.29 is 24.2 Å². The Bertz CT molecular complexity index is 1260. The van der Waals surface area contributed by atoms with Gasteiger partial charge in [0, 0.05) is 34.0 Å². The number of fused-ring (bicyclic) bond motifs is 3. The van der Waals surface area contributed by atoms with Crippen LogP contribution >= 0.6 is 0 Å². The normalized spacial score (nSPS) is 10.9. The molecule has 31 heavy (non-hydrogen) atoms. The average Bonchev–Trinajstić information content (AvgIpc) is 3.10. The SMILES string of the molecule is CCn1c2ccccc2c2cc(NC(=O)COC(=O)COc3ccccc3O)ccc21. The number of hydrogen-bond donors (Lipinski definition) is 2. The summed E-state index contributed by atoms with van der Waals surface area (Å²) in [6, 6.07) is 20.1. The summed E-state index contributed by atoms with van der Waals surface area (Å²) < 4.78 is 12.4. The minimum absolute atomic E-state index is 0.0761. The maximum atomic E-state index is 12.2. The van der Waals surface area contributed by atoms with Gasteiger partial charge >= 0.3 is 5.97 Å². The van der Waals surface area contributed by atoms with Gasteiger partial charge in [-0.05, 0) is 43.3 Å². The van der Waals surface area contributed by atoms with Crippen LogP contribution in [0.2, 0.25) is 0 Å². The molecule has 0 aliphatic carbocycles. The summed E-state index contributed by atoms with van der Waals surface area (Å²) in [6.45, 7) is 2.10. The van der Waals surface area contributed by atoms with Gasteiger partial charge in [-0.25, -0.2) is 4.79 Å². The van der Waals surface area contributed by atoms with E-state index < -0.39 is 25.1 Å². The highest BCUT2D eigenvalue weighted by molar-refractivity contribution is 6.09. The zero-order valence-electron chi connectivity index (χ0n) is 17.0. The molecule has 0 saturated carbocycles. The third-order valence-corrected chi connectivity index (χ3v) is 4.95. The third-order valence-electron chi connectivity index (χ3n) is 4.95. The fraction of sp³-hybridized carbons (Fsp3) is 0.167. The molecule has 0 unspecified atom stereocenters. The number of nitrogens with zero attached hydrogens (tertiary/aromatic N) is 1. The lowest BCUT2D eigenvalue weighted by Gasteiger charge is -2.09. The van der Waals surface area contributed by atoms with Gasteiger partial charge in [-0.1, -0.05) is 30.3 Å². The van der Waals surface area contributed by atoms with Crippen LogP contribution in [0.15, 0.2) is 66.7 Å². The van der Waals surface area contributed by atoms with Crippen molar-refractivity contribution in [3.05, 3.63) is 66.7 Å². The van der Waals surface area contributed by atoms with Gasteiger partial charge in [-0.3, -0.25) is 4.79 Å². The highest BCUT2D eigenvalue weighted by Crippen LogP contribution is 2.31. The summed E-state index contributed by atoms with van der Waals surface area (Å²) in [5.74, 6) is -1.06. The Balaban J connectivity index is 1.38. The van der Waals surface area contributed by atoms with Gasteiger partial charge in [-0.2, -0.15) is 0 Å². The zero-order chi connectivity index (χ0) is 21.8. The summed E-state index contributed by atoms with van der Waals surface area (Å²) in [4.78, 5) is 24.1. The molecule has 0 aliphatic rings. The first-order valence-corrected chi connectivity index (χ1v) is 9.94. The lowest BCUT2D eigenvalue weighted by atomic mass is 10.1. The summed E-state index contributed by atoms with van der Waals surface area (Å²) in [6.07, 6.45) is 0. The van der Waals surface area contributed by atoms with Crippen LogP contribution in [-0.4, -0.2) is 34.8 Å². The number of ether oxygens (including phenoxy) is 2. The Morgan fingerprint density at radius 3 is 2.48 bits per heavy atom. The number of amides is 1. The van der Waals surface area contributed by atoms with Crippen molar-refractivity contribution in [1.29, 1.82) is 0 Å². The van der Waals surface area contributed by atoms with Crippen molar-refractivity contribution in [2.45, 2.75) is 13.5 Å². The number of aromatic nitrogens is 1. The average molecular weight is 418 g/mol. The number of benzene rings is 3. The highest BCUT2D eigenvalue weighted by Gasteiger charge is 2.13. The van der Waals surface area contributed by atoms with Crippen LogP contribution in [0.3, 0.4) is 0 Å². The van der Waals surface area contributed by atoms with Crippen LogP contribution in [-0.2, 0) is 20.9 Å². The Labute approximate surface area is 178 Å². The Hall–Kier alpha value is -4.00. The number of hydrogen-bond acceptors (Lipinski definition) is 5. The number of carbonyl (C=O) groups excluding carboxylic acids is 2. The first-order chi connectivity index (χ1) is 15.1. The molecule has 2 N–H and O–H groups in total. The number of anilines is 1. The van der Waals surface area contributed by atoms with E-state index in [9.17, 15) is 14.7 Å². The molecule has 0 atom stereocenters. The van der Waals surface area contributed by atoms with Gasteiger partial charge in [-0.15, -0.1) is 0 Å². The van der Waals surface area contributed by atoms with Crippen molar-refractivity contribution in [2.75, 3.05) is 18.5 Å². The lowest BCUT2D eigenvalue weighted by Crippen LogP contribution is -2.23. The van der Waals surface area contributed by atoms with E-state index in [-0.39, 0.29) is 11.5 Å².